The summed E-state index contributed by atoms with van der Waals surface area (Å²) >= 11 is 0. The highest BCUT2D eigenvalue weighted by Crippen LogP contribution is 2.07. The maximum Gasteiger partial charge on any atom is 0.244 e. The summed E-state index contributed by atoms with van der Waals surface area (Å²) < 4.78 is 27.6. The Labute approximate surface area is 130 Å². The van der Waals surface area contributed by atoms with Gasteiger partial charge in [-0.2, -0.15) is 5.10 Å². The monoisotopic (exact) mass is 337 g/mol. The van der Waals surface area contributed by atoms with Crippen molar-refractivity contribution in [2.75, 3.05) is 26.2 Å². The van der Waals surface area contributed by atoms with Gasteiger partial charge >= 0.3 is 0 Å². The number of hydrogen-bond acceptors (Lipinski definition) is 5. The Morgan fingerprint density at radius 1 is 1.57 bits per heavy atom. The largest absolute Gasteiger partial charge is 0.336 e. The zero-order valence-electron chi connectivity index (χ0n) is 11.9. The first-order valence-corrected chi connectivity index (χ1v) is 7.87. The smallest absolute Gasteiger partial charge is 0.244 e. The molecule has 1 aromatic heterocycles. The maximum absolute atomic E-state index is 12.0. The van der Waals surface area contributed by atoms with Gasteiger partial charge in [-0.3, -0.25) is 9.48 Å². The summed E-state index contributed by atoms with van der Waals surface area (Å²) in [5, 5.41) is 6.98. The van der Waals surface area contributed by atoms with Crippen LogP contribution < -0.4 is 10.0 Å². The third kappa shape index (κ3) is 4.40. The van der Waals surface area contributed by atoms with Crippen molar-refractivity contribution in [3.05, 3.63) is 12.4 Å². The van der Waals surface area contributed by atoms with Crippen LogP contribution >= 0.6 is 12.4 Å². The van der Waals surface area contributed by atoms with Crippen LogP contribution in [0.3, 0.4) is 0 Å². The number of aromatic nitrogens is 2. The minimum absolute atomic E-state index is 0. The van der Waals surface area contributed by atoms with Gasteiger partial charge in [-0.05, 0) is 6.92 Å². The molecule has 1 amide bonds. The summed E-state index contributed by atoms with van der Waals surface area (Å²) in [5.74, 6) is -0.216. The van der Waals surface area contributed by atoms with Crippen molar-refractivity contribution in [1.82, 2.24) is 24.7 Å². The van der Waals surface area contributed by atoms with Crippen LogP contribution in [0.2, 0.25) is 0 Å². The molecule has 0 unspecified atom stereocenters. The van der Waals surface area contributed by atoms with E-state index in [0.29, 0.717) is 6.54 Å². The first-order chi connectivity index (χ1) is 9.40. The van der Waals surface area contributed by atoms with E-state index in [4.69, 9.17) is 0 Å². The Morgan fingerprint density at radius 3 is 2.86 bits per heavy atom. The lowest BCUT2D eigenvalue weighted by Gasteiger charge is -2.34. The van der Waals surface area contributed by atoms with Crippen molar-refractivity contribution in [3.63, 3.8) is 0 Å². The minimum atomic E-state index is -3.69. The SMILES string of the molecule is C[C@@H]1CNCCN1C(=O)CNS(=O)(=O)c1cnn(C)c1.Cl. The average Bonchev–Trinajstić information content (AvgIpc) is 2.84. The Morgan fingerprint density at radius 2 is 2.29 bits per heavy atom. The normalized spacial score (nSPS) is 19.1. The fourth-order valence-electron chi connectivity index (χ4n) is 2.09. The summed E-state index contributed by atoms with van der Waals surface area (Å²) in [5.41, 5.74) is 0. The van der Waals surface area contributed by atoms with Crippen LogP contribution in [0.25, 0.3) is 0 Å². The van der Waals surface area contributed by atoms with Gasteiger partial charge in [0.05, 0.1) is 12.7 Å². The second-order valence-electron chi connectivity index (χ2n) is 4.81. The molecule has 21 heavy (non-hydrogen) atoms. The molecule has 0 aliphatic carbocycles. The highest BCUT2D eigenvalue weighted by Gasteiger charge is 2.24. The zero-order chi connectivity index (χ0) is 14.8. The predicted octanol–water partition coefficient (Wildman–Crippen LogP) is -1.06. The maximum atomic E-state index is 12.0. The Bertz CT molecular complexity index is 588. The number of halogens is 1. The number of carbonyl (C=O) groups excluding carboxylic acids is 1. The third-order valence-electron chi connectivity index (χ3n) is 3.23. The van der Waals surface area contributed by atoms with E-state index in [1.165, 1.54) is 17.1 Å². The molecule has 0 bridgehead atoms. The number of nitrogens with one attached hydrogen (secondary N) is 2. The second kappa shape index (κ2) is 7.21. The third-order valence-corrected chi connectivity index (χ3v) is 4.58. The van der Waals surface area contributed by atoms with Crippen LogP contribution in [0.1, 0.15) is 6.92 Å². The summed E-state index contributed by atoms with van der Waals surface area (Å²) in [6.45, 7) is 3.74. The van der Waals surface area contributed by atoms with E-state index in [1.54, 1.807) is 11.9 Å². The topological polar surface area (TPSA) is 96.3 Å². The molecule has 10 heteroatoms. The fraction of sp³-hybridized carbons (Fsp3) is 0.636. The van der Waals surface area contributed by atoms with Crippen LogP contribution in [0, 0.1) is 0 Å². The summed E-state index contributed by atoms with van der Waals surface area (Å²) in [7, 11) is -2.06. The molecule has 8 nitrogen and oxygen atoms in total. The van der Waals surface area contributed by atoms with Crippen molar-refractivity contribution < 1.29 is 13.2 Å². The molecule has 2 N–H and O–H groups in total. The summed E-state index contributed by atoms with van der Waals surface area (Å²) in [6, 6.07) is 0.0687. The van der Waals surface area contributed by atoms with Gasteiger partial charge in [0.1, 0.15) is 4.90 Å². The molecule has 1 saturated heterocycles. The quantitative estimate of drug-likeness (QED) is 0.730. The number of rotatable bonds is 4. The zero-order valence-corrected chi connectivity index (χ0v) is 13.6. The van der Waals surface area contributed by atoms with Crippen molar-refractivity contribution >= 4 is 28.3 Å². The van der Waals surface area contributed by atoms with Gasteiger partial charge in [0.15, 0.2) is 0 Å². The van der Waals surface area contributed by atoms with Crippen molar-refractivity contribution in [3.8, 4) is 0 Å². The molecule has 0 radical (unpaired) electrons. The molecular weight excluding hydrogens is 318 g/mol. The predicted molar refractivity (Wildman–Crippen MR) is 79.7 cm³/mol. The highest BCUT2D eigenvalue weighted by molar-refractivity contribution is 7.89. The molecule has 1 atom stereocenters. The van der Waals surface area contributed by atoms with Crippen molar-refractivity contribution in [2.45, 2.75) is 17.9 Å². The Balaban J connectivity index is 0.00000220. The van der Waals surface area contributed by atoms with Crippen LogP contribution in [-0.2, 0) is 21.9 Å². The van der Waals surface area contributed by atoms with Crippen LogP contribution in [-0.4, -0.2) is 61.2 Å². The molecule has 2 heterocycles. The molecule has 0 aromatic carbocycles. The Hall–Kier alpha value is -1.16. The van der Waals surface area contributed by atoms with Gasteiger partial charge in [-0.15, -0.1) is 12.4 Å². The second-order valence-corrected chi connectivity index (χ2v) is 6.58. The first kappa shape index (κ1) is 17.9. The molecule has 1 fully saturated rings. The molecule has 1 aliphatic heterocycles. The number of sulfonamides is 1. The van der Waals surface area contributed by atoms with Crippen LogP contribution in [0.15, 0.2) is 17.3 Å². The molecule has 2 rings (SSSR count). The average molecular weight is 338 g/mol. The molecule has 120 valence electrons. The van der Waals surface area contributed by atoms with E-state index in [2.05, 4.69) is 15.1 Å². The van der Waals surface area contributed by atoms with Gasteiger partial charge in [-0.25, -0.2) is 13.1 Å². The number of amides is 1. The van der Waals surface area contributed by atoms with Crippen molar-refractivity contribution in [2.24, 2.45) is 7.05 Å². The minimum Gasteiger partial charge on any atom is -0.336 e. The summed E-state index contributed by atoms with van der Waals surface area (Å²) in [6.07, 6.45) is 2.64. The van der Waals surface area contributed by atoms with Gasteiger partial charge in [-0.1, -0.05) is 0 Å². The highest BCUT2D eigenvalue weighted by atomic mass is 35.5. The van der Waals surface area contributed by atoms with E-state index in [1.807, 2.05) is 6.92 Å². The number of aryl methyl sites for hydroxylation is 1. The van der Waals surface area contributed by atoms with E-state index in [0.717, 1.165) is 13.1 Å². The summed E-state index contributed by atoms with van der Waals surface area (Å²) in [4.78, 5) is 13.8. The number of hydrogen-bond donors (Lipinski definition) is 2. The number of carbonyl (C=O) groups is 1. The van der Waals surface area contributed by atoms with E-state index < -0.39 is 10.0 Å². The fourth-order valence-corrected chi connectivity index (χ4v) is 3.05. The van der Waals surface area contributed by atoms with Gasteiger partial charge < -0.3 is 10.2 Å². The standard InChI is InChI=1S/C11H19N5O3S.ClH/c1-9-5-12-3-4-16(9)11(17)7-14-20(18,19)10-6-13-15(2)8-10;/h6,8-9,12,14H,3-5,7H2,1-2H3;1H/t9-;/m1./s1. The van der Waals surface area contributed by atoms with E-state index >= 15 is 0 Å². The number of piperazine rings is 1. The van der Waals surface area contributed by atoms with E-state index in [-0.39, 0.29) is 35.8 Å². The van der Waals surface area contributed by atoms with Gasteiger partial charge in [0, 0.05) is 38.9 Å². The lowest BCUT2D eigenvalue weighted by molar-refractivity contribution is -0.132. The van der Waals surface area contributed by atoms with Crippen molar-refractivity contribution in [1.29, 1.82) is 0 Å². The Kier molecular flexibility index (Phi) is 6.14. The molecule has 1 aliphatic rings. The molecule has 0 saturated carbocycles. The lowest BCUT2D eigenvalue weighted by Crippen LogP contribution is -2.54. The molecule has 1 aromatic rings. The van der Waals surface area contributed by atoms with Gasteiger partial charge in [0.25, 0.3) is 0 Å². The number of nitrogens with zero attached hydrogens (tertiary/aromatic N) is 3. The van der Waals surface area contributed by atoms with Crippen LogP contribution in [0.4, 0.5) is 0 Å². The molecular formula is C11H20ClN5O3S. The van der Waals surface area contributed by atoms with Gasteiger partial charge in [0.2, 0.25) is 15.9 Å². The lowest BCUT2D eigenvalue weighted by atomic mass is 10.2. The molecule has 0 spiro atoms. The van der Waals surface area contributed by atoms with E-state index in [9.17, 15) is 13.2 Å². The first-order valence-electron chi connectivity index (χ1n) is 6.38. The van der Waals surface area contributed by atoms with Crippen LogP contribution in [0.5, 0.6) is 0 Å².